The van der Waals surface area contributed by atoms with Crippen LogP contribution in [0.1, 0.15) is 107 Å². The highest BCUT2D eigenvalue weighted by atomic mass is 19.4. The number of likely N-dealkylation sites (N-methyl/N-ethyl adjacent to an activating group) is 1. The molecule has 392 valence electrons. The number of carbonyl (C=O) groups is 2. The molecule has 0 saturated carbocycles. The van der Waals surface area contributed by atoms with E-state index in [2.05, 4.69) is 10.6 Å². The third kappa shape index (κ3) is 14.2. The van der Waals surface area contributed by atoms with Crippen LogP contribution >= 0.6 is 0 Å². The van der Waals surface area contributed by atoms with Gasteiger partial charge in [-0.15, -0.1) is 0 Å². The number of benzene rings is 1. The van der Waals surface area contributed by atoms with E-state index in [-0.39, 0.29) is 62.6 Å². The Morgan fingerprint density at radius 1 is 0.956 bits per heavy atom. The van der Waals surface area contributed by atoms with Crippen molar-refractivity contribution in [2.45, 2.75) is 198 Å². The number of esters is 1. The van der Waals surface area contributed by atoms with Gasteiger partial charge in [0.1, 0.15) is 30.0 Å². The van der Waals surface area contributed by atoms with Gasteiger partial charge in [0.05, 0.1) is 47.1 Å². The van der Waals surface area contributed by atoms with Crippen LogP contribution in [0.5, 0.6) is 0 Å². The van der Waals surface area contributed by atoms with E-state index >= 15 is 0 Å². The van der Waals surface area contributed by atoms with E-state index in [1.165, 1.54) is 14.0 Å². The molecular weight excluding hydrogens is 898 g/mol. The van der Waals surface area contributed by atoms with Crippen molar-refractivity contribution in [1.82, 2.24) is 15.1 Å². The second-order valence-corrected chi connectivity index (χ2v) is 20.5. The molecule has 17 nitrogen and oxygen atoms in total. The van der Waals surface area contributed by atoms with Crippen molar-refractivity contribution in [3.05, 3.63) is 29.8 Å². The number of carbonyl (C=O) groups excluding carboxylic acids is 2. The molecule has 20 heteroatoms. The van der Waals surface area contributed by atoms with Crippen LogP contribution in [0.3, 0.4) is 0 Å². The first-order chi connectivity index (χ1) is 31.5. The Kier molecular flexibility index (Phi) is 20.1. The standard InChI is InChI=1S/C48H81F3N4O13/c1-14-35-47(10,62)39(57)30(6)55(21-15-20-52-44(60)53-33-18-16-32(17-19-33)48(49,50)51)25-26(2)23-45(8,61)41(68-43-37(56)34(54(11)12)22-27(3)64-43)28(4)38(29(5)42(59)66-35)67-36-24-46(9,63-13)40(58)31(7)65-36/h16-19,26-31,34-41,43,56-58,61-62H,14-15,20-25H2,1-13H3,(H2,52,53,60)/t26-,27-,28+,29-,30-,31+,34+,35-,36+,37-,38+,39-,40+,41-,43+,45-,46-,47-/m1/s1. The average Bonchev–Trinajstić information content (AvgIpc) is 3.25. The van der Waals surface area contributed by atoms with Gasteiger partial charge in [-0.05, 0) is 118 Å². The third-order valence-corrected chi connectivity index (χ3v) is 14.4. The van der Waals surface area contributed by atoms with Crippen molar-refractivity contribution in [3.63, 3.8) is 0 Å². The lowest BCUT2D eigenvalue weighted by atomic mass is 9.77. The van der Waals surface area contributed by atoms with Crippen molar-refractivity contribution < 1.29 is 76.7 Å². The van der Waals surface area contributed by atoms with Gasteiger partial charge in [0.15, 0.2) is 12.6 Å². The van der Waals surface area contributed by atoms with Gasteiger partial charge in [0.2, 0.25) is 0 Å². The van der Waals surface area contributed by atoms with Gasteiger partial charge in [0.25, 0.3) is 0 Å². The molecule has 1 aromatic carbocycles. The minimum Gasteiger partial charge on any atom is -0.459 e. The largest absolute Gasteiger partial charge is 0.459 e. The lowest BCUT2D eigenvalue weighted by Gasteiger charge is -2.48. The number of hydrogen-bond acceptors (Lipinski definition) is 15. The van der Waals surface area contributed by atoms with Crippen LogP contribution < -0.4 is 10.6 Å². The van der Waals surface area contributed by atoms with E-state index < -0.39 is 114 Å². The number of rotatable bonds is 12. The Hall–Kier alpha value is -2.73. The number of aliphatic hydroxyl groups excluding tert-OH is 3. The summed E-state index contributed by atoms with van der Waals surface area (Å²) in [7, 11) is 5.17. The van der Waals surface area contributed by atoms with E-state index in [0.29, 0.717) is 12.8 Å². The van der Waals surface area contributed by atoms with E-state index in [1.807, 2.05) is 37.7 Å². The Balaban J connectivity index is 1.71. The molecule has 0 radical (unpaired) electrons. The van der Waals surface area contributed by atoms with Gasteiger partial charge in [0, 0.05) is 56.9 Å². The zero-order valence-electron chi connectivity index (χ0n) is 42.2. The predicted molar refractivity (Wildman–Crippen MR) is 246 cm³/mol. The van der Waals surface area contributed by atoms with E-state index in [4.69, 9.17) is 28.4 Å². The third-order valence-electron chi connectivity index (χ3n) is 14.4. The second-order valence-electron chi connectivity index (χ2n) is 20.5. The molecule has 0 aliphatic carbocycles. The fourth-order valence-corrected chi connectivity index (χ4v) is 10.3. The summed E-state index contributed by atoms with van der Waals surface area (Å²) in [6, 6.07) is 2.28. The quantitative estimate of drug-likeness (QED) is 0.113. The zero-order valence-corrected chi connectivity index (χ0v) is 42.2. The Morgan fingerprint density at radius 3 is 2.16 bits per heavy atom. The molecule has 0 bridgehead atoms. The van der Waals surface area contributed by atoms with Gasteiger partial charge >= 0.3 is 18.2 Å². The predicted octanol–water partition coefficient (Wildman–Crippen LogP) is 4.50. The smallest absolute Gasteiger partial charge is 0.416 e. The molecular formula is C48H81F3N4O13. The number of methoxy groups -OCH3 is 1. The number of amides is 2. The Bertz CT molecular complexity index is 1760. The molecule has 4 rings (SSSR count). The summed E-state index contributed by atoms with van der Waals surface area (Å²) in [6.07, 6.45) is -13.9. The molecule has 68 heavy (non-hydrogen) atoms. The summed E-state index contributed by atoms with van der Waals surface area (Å²) in [5.74, 6) is -3.10. The lowest BCUT2D eigenvalue weighted by molar-refractivity contribution is -0.318. The number of anilines is 1. The topological polar surface area (TPSA) is 221 Å². The number of nitrogens with zero attached hydrogens (tertiary/aromatic N) is 2. The number of nitrogens with one attached hydrogen (secondary N) is 2. The maximum Gasteiger partial charge on any atom is 0.416 e. The maximum absolute atomic E-state index is 14.5. The van der Waals surface area contributed by atoms with Gasteiger partial charge in [-0.1, -0.05) is 20.8 Å². The van der Waals surface area contributed by atoms with Crippen molar-refractivity contribution in [1.29, 1.82) is 0 Å². The summed E-state index contributed by atoms with van der Waals surface area (Å²) >= 11 is 0. The van der Waals surface area contributed by atoms with Crippen LogP contribution in [0.4, 0.5) is 23.7 Å². The average molecular weight is 979 g/mol. The normalized spacial score (nSPS) is 40.8. The summed E-state index contributed by atoms with van der Waals surface area (Å²) < 4.78 is 77.0. The van der Waals surface area contributed by atoms with Gasteiger partial charge < -0.3 is 69.5 Å². The van der Waals surface area contributed by atoms with E-state index in [0.717, 1.165) is 24.3 Å². The summed E-state index contributed by atoms with van der Waals surface area (Å²) in [5, 5.41) is 65.0. The van der Waals surface area contributed by atoms with Gasteiger partial charge in [-0.2, -0.15) is 13.2 Å². The number of alkyl halides is 3. The molecule has 2 amide bonds. The first-order valence-corrected chi connectivity index (χ1v) is 24.0. The highest BCUT2D eigenvalue weighted by Crippen LogP contribution is 2.40. The molecule has 3 heterocycles. The van der Waals surface area contributed by atoms with Crippen LogP contribution in [-0.2, 0) is 39.4 Å². The summed E-state index contributed by atoms with van der Waals surface area (Å²) in [4.78, 5) is 31.1. The van der Waals surface area contributed by atoms with Crippen LogP contribution in [0, 0.1) is 17.8 Å². The van der Waals surface area contributed by atoms with Gasteiger partial charge in [-0.25, -0.2) is 4.79 Å². The lowest BCUT2D eigenvalue weighted by Crippen LogP contribution is -2.60. The first-order valence-electron chi connectivity index (χ1n) is 24.0. The van der Waals surface area contributed by atoms with Crippen LogP contribution in [0.25, 0.3) is 0 Å². The SMILES string of the molecule is CC[C@H]1OC(=O)[C@H](C)[C@@H](O[C@H]2C[C@@](C)(OC)[C@@H](O)[C@H](C)O2)[C@H](C)[C@@H](O[C@@H]2O[C@H](C)C[C@H](N(C)C)[C@H]2O)[C@](C)(O)C[C@@H](C)CN(CCCNC(=O)Nc2ccc(C(F)(F)F)cc2)[C@H](C)[C@@H](O)[C@]1(C)O. The first kappa shape index (κ1) is 57.8. The van der Waals surface area contributed by atoms with Crippen LogP contribution in [0.2, 0.25) is 0 Å². The number of halogens is 3. The van der Waals surface area contributed by atoms with E-state index in [9.17, 15) is 48.3 Å². The minimum atomic E-state index is -4.52. The number of cyclic esters (lactones) is 1. The van der Waals surface area contributed by atoms with Crippen LogP contribution in [0.15, 0.2) is 24.3 Å². The highest BCUT2D eigenvalue weighted by Gasteiger charge is 2.53. The maximum atomic E-state index is 14.5. The molecule has 1 aromatic rings. The molecule has 0 spiro atoms. The van der Waals surface area contributed by atoms with Crippen molar-refractivity contribution in [2.75, 3.05) is 46.2 Å². The van der Waals surface area contributed by atoms with Crippen molar-refractivity contribution >= 4 is 17.7 Å². The number of aliphatic hydroxyl groups is 5. The highest BCUT2D eigenvalue weighted by molar-refractivity contribution is 5.89. The number of ether oxygens (including phenoxy) is 6. The molecule has 3 aliphatic rings. The molecule has 18 atom stereocenters. The zero-order chi connectivity index (χ0) is 51.3. The molecule has 0 unspecified atom stereocenters. The minimum absolute atomic E-state index is 0.0664. The fraction of sp³-hybridized carbons (Fsp3) is 0.833. The molecule has 0 aromatic heterocycles. The molecule has 3 aliphatic heterocycles. The summed E-state index contributed by atoms with van der Waals surface area (Å²) in [5.41, 5.74) is -5.48. The van der Waals surface area contributed by atoms with E-state index in [1.54, 1.807) is 48.5 Å². The van der Waals surface area contributed by atoms with Crippen LogP contribution in [-0.4, -0.2) is 178 Å². The Labute approximate surface area is 400 Å². The summed E-state index contributed by atoms with van der Waals surface area (Å²) in [6.45, 7) is 17.7. The van der Waals surface area contributed by atoms with Gasteiger partial charge in [-0.3, -0.25) is 9.69 Å². The number of hydrogen-bond donors (Lipinski definition) is 7. The second kappa shape index (κ2) is 23.7. The van der Waals surface area contributed by atoms with Crippen molar-refractivity contribution in [2.24, 2.45) is 17.8 Å². The number of urea groups is 1. The molecule has 3 fully saturated rings. The Morgan fingerprint density at radius 2 is 1.59 bits per heavy atom. The monoisotopic (exact) mass is 979 g/mol. The molecule has 7 N–H and O–H groups in total. The van der Waals surface area contributed by atoms with Crippen molar-refractivity contribution in [3.8, 4) is 0 Å². The molecule has 3 saturated heterocycles. The fourth-order valence-electron chi connectivity index (χ4n) is 10.3.